The Balaban J connectivity index is 1.25. The summed E-state index contributed by atoms with van der Waals surface area (Å²) < 4.78 is 7.94. The minimum Gasteiger partial charge on any atom is -0.454 e. The average molecular weight is 645 g/mol. The van der Waals surface area contributed by atoms with Gasteiger partial charge in [0.25, 0.3) is 0 Å². The van der Waals surface area contributed by atoms with Crippen molar-refractivity contribution < 1.29 is 4.42 Å². The third-order valence-electron chi connectivity index (χ3n) is 9.46. The second kappa shape index (κ2) is 11.2. The van der Waals surface area contributed by atoms with Gasteiger partial charge in [-0.05, 0) is 69.1 Å². The van der Waals surface area contributed by atoms with Crippen molar-refractivity contribution in [1.29, 1.82) is 0 Å². The number of fused-ring (bicyclic) bond motifs is 8. The molecule has 230 valence electrons. The molecule has 0 aliphatic heterocycles. The highest BCUT2D eigenvalue weighted by molar-refractivity contribution is 7.22. The highest BCUT2D eigenvalue weighted by Crippen LogP contribution is 2.48. The zero-order chi connectivity index (χ0) is 32.3. The molecule has 2 aromatic heterocycles. The van der Waals surface area contributed by atoms with E-state index in [1.165, 1.54) is 32.7 Å². The van der Waals surface area contributed by atoms with Crippen molar-refractivity contribution in [2.75, 3.05) is 4.90 Å². The molecule has 0 spiro atoms. The van der Waals surface area contributed by atoms with E-state index >= 15 is 0 Å². The average Bonchev–Trinajstić information content (AvgIpc) is 3.78. The molecule has 0 aliphatic carbocycles. The summed E-state index contributed by atoms with van der Waals surface area (Å²) in [5, 5.41) is 8.10. The maximum absolute atomic E-state index is 6.81. The number of thiazole rings is 1. The number of hydrogen-bond donors (Lipinski definition) is 0. The van der Waals surface area contributed by atoms with Gasteiger partial charge in [0, 0.05) is 27.7 Å². The van der Waals surface area contributed by atoms with Gasteiger partial charge in [-0.2, -0.15) is 0 Å². The van der Waals surface area contributed by atoms with Gasteiger partial charge in [-0.15, -0.1) is 11.3 Å². The van der Waals surface area contributed by atoms with E-state index in [1.807, 2.05) is 12.1 Å². The SMILES string of the molecule is c1ccc(-c2ccc(N(c3ccc4c(ccc5ccccc54)c3)c3cc4nc(-c5ccccc5)sc4c4c3oc3ccccc34)cc2)cc1. The molecule has 0 aliphatic rings. The lowest BCUT2D eigenvalue weighted by Gasteiger charge is -2.26. The molecule has 0 amide bonds. The monoisotopic (exact) mass is 644 g/mol. The van der Waals surface area contributed by atoms with Crippen molar-refractivity contribution in [3.05, 3.63) is 170 Å². The highest BCUT2D eigenvalue weighted by Gasteiger charge is 2.24. The van der Waals surface area contributed by atoms with Crippen LogP contribution in [0.2, 0.25) is 0 Å². The molecule has 0 saturated heterocycles. The molecule has 8 aromatic carbocycles. The molecule has 0 bridgehead atoms. The Hall–Kier alpha value is -6.23. The zero-order valence-corrected chi connectivity index (χ0v) is 27.2. The van der Waals surface area contributed by atoms with Crippen molar-refractivity contribution in [3.63, 3.8) is 0 Å². The van der Waals surface area contributed by atoms with Crippen molar-refractivity contribution in [1.82, 2.24) is 4.98 Å². The van der Waals surface area contributed by atoms with E-state index in [0.29, 0.717) is 0 Å². The van der Waals surface area contributed by atoms with Crippen molar-refractivity contribution in [2.24, 2.45) is 0 Å². The number of para-hydroxylation sites is 1. The molecule has 0 atom stereocenters. The normalized spacial score (nSPS) is 11.7. The summed E-state index contributed by atoms with van der Waals surface area (Å²) in [7, 11) is 0. The van der Waals surface area contributed by atoms with Crippen molar-refractivity contribution in [2.45, 2.75) is 0 Å². The Kier molecular flexibility index (Phi) is 6.36. The molecular weight excluding hydrogens is 617 g/mol. The number of aromatic nitrogens is 1. The smallest absolute Gasteiger partial charge is 0.160 e. The Morgan fingerprint density at radius 1 is 0.490 bits per heavy atom. The third kappa shape index (κ3) is 4.61. The molecule has 10 aromatic rings. The van der Waals surface area contributed by atoms with Crippen LogP contribution in [0.4, 0.5) is 17.1 Å². The van der Waals surface area contributed by atoms with Crippen LogP contribution >= 0.6 is 11.3 Å². The van der Waals surface area contributed by atoms with Gasteiger partial charge >= 0.3 is 0 Å². The van der Waals surface area contributed by atoms with Crippen LogP contribution < -0.4 is 4.90 Å². The highest BCUT2D eigenvalue weighted by atomic mass is 32.1. The molecule has 4 heteroatoms. The van der Waals surface area contributed by atoms with E-state index in [1.54, 1.807) is 11.3 Å². The lowest BCUT2D eigenvalue weighted by Crippen LogP contribution is -2.10. The van der Waals surface area contributed by atoms with Crippen LogP contribution in [0, 0.1) is 0 Å². The van der Waals surface area contributed by atoms with Gasteiger partial charge in [0.15, 0.2) is 5.58 Å². The summed E-state index contributed by atoms with van der Waals surface area (Å²) in [6, 6.07) is 60.2. The van der Waals surface area contributed by atoms with Gasteiger partial charge in [0.1, 0.15) is 10.6 Å². The van der Waals surface area contributed by atoms with E-state index in [0.717, 1.165) is 59.8 Å². The Morgan fingerprint density at radius 3 is 1.94 bits per heavy atom. The number of anilines is 3. The molecule has 3 nitrogen and oxygen atoms in total. The number of nitrogens with zero attached hydrogens (tertiary/aromatic N) is 2. The summed E-state index contributed by atoms with van der Waals surface area (Å²) in [4.78, 5) is 7.57. The topological polar surface area (TPSA) is 29.3 Å². The molecule has 0 radical (unpaired) electrons. The van der Waals surface area contributed by atoms with Gasteiger partial charge in [0.05, 0.1) is 15.9 Å². The number of benzene rings is 8. The van der Waals surface area contributed by atoms with Gasteiger partial charge in [-0.3, -0.25) is 0 Å². The molecular formula is C45H28N2OS. The van der Waals surface area contributed by atoms with Gasteiger partial charge in [-0.25, -0.2) is 4.98 Å². The van der Waals surface area contributed by atoms with E-state index < -0.39 is 0 Å². The predicted molar refractivity (Wildman–Crippen MR) is 207 cm³/mol. The van der Waals surface area contributed by atoms with Crippen LogP contribution in [0.3, 0.4) is 0 Å². The summed E-state index contributed by atoms with van der Waals surface area (Å²) in [5.41, 5.74) is 9.19. The number of furan rings is 1. The largest absolute Gasteiger partial charge is 0.454 e. The molecule has 0 fully saturated rings. The van der Waals surface area contributed by atoms with E-state index in [-0.39, 0.29) is 0 Å². The van der Waals surface area contributed by atoms with Gasteiger partial charge in [0.2, 0.25) is 0 Å². The zero-order valence-electron chi connectivity index (χ0n) is 26.4. The van der Waals surface area contributed by atoms with Crippen LogP contribution in [0.25, 0.3) is 75.4 Å². The summed E-state index contributed by atoms with van der Waals surface area (Å²) in [6.45, 7) is 0. The predicted octanol–water partition coefficient (Wildman–Crippen LogP) is 13.3. The number of rotatable bonds is 5. The first-order valence-corrected chi connectivity index (χ1v) is 17.3. The van der Waals surface area contributed by atoms with Crippen molar-refractivity contribution >= 4 is 82.1 Å². The molecule has 10 rings (SSSR count). The molecule has 0 unspecified atom stereocenters. The maximum Gasteiger partial charge on any atom is 0.160 e. The first kappa shape index (κ1) is 27.8. The minimum absolute atomic E-state index is 0.850. The first-order chi connectivity index (χ1) is 24.3. The fourth-order valence-electron chi connectivity index (χ4n) is 7.13. The lowest BCUT2D eigenvalue weighted by molar-refractivity contribution is 0.669. The fraction of sp³-hybridized carbons (Fsp3) is 0. The minimum atomic E-state index is 0.850. The lowest BCUT2D eigenvalue weighted by atomic mass is 10.0. The first-order valence-electron chi connectivity index (χ1n) is 16.5. The van der Waals surface area contributed by atoms with Crippen LogP contribution in [-0.2, 0) is 0 Å². The summed E-state index contributed by atoms with van der Waals surface area (Å²) in [5.74, 6) is 0. The fourth-order valence-corrected chi connectivity index (χ4v) is 8.23. The van der Waals surface area contributed by atoms with E-state index in [9.17, 15) is 0 Å². The Labute approximate surface area is 286 Å². The Morgan fingerprint density at radius 2 is 1.12 bits per heavy atom. The summed E-state index contributed by atoms with van der Waals surface area (Å²) in [6.07, 6.45) is 0. The quantitative estimate of drug-likeness (QED) is 0.175. The van der Waals surface area contributed by atoms with Gasteiger partial charge in [-0.1, -0.05) is 133 Å². The third-order valence-corrected chi connectivity index (χ3v) is 10.6. The number of hydrogen-bond acceptors (Lipinski definition) is 4. The molecule has 2 heterocycles. The maximum atomic E-state index is 6.81. The molecule has 0 saturated carbocycles. The van der Waals surface area contributed by atoms with Crippen LogP contribution in [0.15, 0.2) is 174 Å². The van der Waals surface area contributed by atoms with Crippen LogP contribution in [-0.4, -0.2) is 4.98 Å². The van der Waals surface area contributed by atoms with Crippen LogP contribution in [0.5, 0.6) is 0 Å². The molecule has 0 N–H and O–H groups in total. The Bertz CT molecular complexity index is 2820. The second-order valence-corrected chi connectivity index (χ2v) is 13.4. The molecule has 49 heavy (non-hydrogen) atoms. The van der Waals surface area contributed by atoms with Gasteiger partial charge < -0.3 is 9.32 Å². The van der Waals surface area contributed by atoms with Crippen molar-refractivity contribution in [3.8, 4) is 21.7 Å². The second-order valence-electron chi connectivity index (χ2n) is 12.4. The standard InChI is InChI=1S/C45H28N2OS/c1-3-11-29(12-4-1)30-21-23-34(24-22-30)47(35-25-26-37-33(27-35)20-19-31-13-7-8-16-36(31)37)40-28-39-44(49-45(46-39)32-14-5-2-6-15-32)42-38-17-9-10-18-41(38)48-43(40)42/h1-28H. The van der Waals surface area contributed by atoms with E-state index in [2.05, 4.69) is 163 Å². The van der Waals surface area contributed by atoms with E-state index in [4.69, 9.17) is 9.40 Å². The van der Waals surface area contributed by atoms with Crippen LogP contribution in [0.1, 0.15) is 0 Å². The summed E-state index contributed by atoms with van der Waals surface area (Å²) >= 11 is 1.72.